The third-order valence-electron chi connectivity index (χ3n) is 10.7. The van der Waals surface area contributed by atoms with Crippen LogP contribution in [0.1, 0.15) is 12.3 Å². The zero-order chi connectivity index (χ0) is 48.4. The van der Waals surface area contributed by atoms with Crippen LogP contribution in [0.5, 0.6) is 0 Å². The first kappa shape index (κ1) is 27.5. The zero-order valence-corrected chi connectivity index (χ0v) is 32.4. The van der Waals surface area contributed by atoms with Crippen LogP contribution in [0.3, 0.4) is 0 Å². The molecule has 2 aromatic heterocycles. The monoisotopic (exact) mass is 788 g/mol. The van der Waals surface area contributed by atoms with Gasteiger partial charge in [-0.25, -0.2) is 15.0 Å². The largest absolute Gasteiger partial charge is 0.456 e. The van der Waals surface area contributed by atoms with Gasteiger partial charge in [0.2, 0.25) is 0 Å². The molecule has 11 aromatic rings. The Kier molecular flexibility index (Phi) is 6.99. The van der Waals surface area contributed by atoms with Gasteiger partial charge in [0, 0.05) is 27.5 Å². The number of furan rings is 1. The summed E-state index contributed by atoms with van der Waals surface area (Å²) in [5, 5.41) is 1.78. The van der Waals surface area contributed by atoms with E-state index in [1.807, 2.05) is 121 Å². The number of nitrogens with zero attached hydrogens (tertiary/aromatic N) is 3. The van der Waals surface area contributed by atoms with Crippen molar-refractivity contribution in [2.45, 2.75) is 0 Å². The van der Waals surface area contributed by atoms with E-state index in [0.29, 0.717) is 22.3 Å². The molecular weight excluding hydrogens is 743 g/mol. The molecule has 0 N–H and O–H groups in total. The Morgan fingerprint density at radius 1 is 0.311 bits per heavy atom. The van der Waals surface area contributed by atoms with E-state index in [1.54, 1.807) is 0 Å². The summed E-state index contributed by atoms with van der Waals surface area (Å²) in [6.45, 7) is 0. The van der Waals surface area contributed by atoms with Gasteiger partial charge in [-0.1, -0.05) is 200 Å². The second kappa shape index (κ2) is 15.5. The van der Waals surface area contributed by atoms with Crippen molar-refractivity contribution in [3.05, 3.63) is 224 Å². The third kappa shape index (κ3) is 6.96. The lowest BCUT2D eigenvalue weighted by Crippen LogP contribution is -2.00. The minimum absolute atomic E-state index is 0.156. The van der Waals surface area contributed by atoms with Crippen LogP contribution in [-0.2, 0) is 0 Å². The van der Waals surface area contributed by atoms with Gasteiger partial charge < -0.3 is 4.42 Å². The Hall–Kier alpha value is -8.21. The molecule has 0 radical (unpaired) electrons. The molecule has 0 aliphatic heterocycles. The Labute approximate surface area is 366 Å². The number of benzene rings is 9. The second-order valence-corrected chi connectivity index (χ2v) is 14.5. The van der Waals surface area contributed by atoms with Crippen LogP contribution in [0.4, 0.5) is 0 Å². The van der Waals surface area contributed by atoms with Gasteiger partial charge in [0.05, 0.1) is 12.3 Å². The first-order chi connectivity index (χ1) is 34.0. The zero-order valence-electron chi connectivity index (χ0n) is 41.4. The number of fused-ring (bicyclic) bond motifs is 3. The minimum atomic E-state index is -0.658. The summed E-state index contributed by atoms with van der Waals surface area (Å²) in [6.07, 6.45) is 0. The van der Waals surface area contributed by atoms with E-state index in [4.69, 9.17) is 29.0 Å². The van der Waals surface area contributed by atoms with Gasteiger partial charge in [-0.05, 0) is 79.9 Å². The smallest absolute Gasteiger partial charge is 0.164 e. The molecule has 0 bridgehead atoms. The highest BCUT2D eigenvalue weighted by Gasteiger charge is 2.19. The van der Waals surface area contributed by atoms with Crippen molar-refractivity contribution in [3.8, 4) is 89.8 Å². The molecule has 9 aromatic carbocycles. The van der Waals surface area contributed by atoms with Gasteiger partial charge in [0.25, 0.3) is 0 Å². The summed E-state index contributed by atoms with van der Waals surface area (Å²) in [5.74, 6) is 0.214. The molecule has 0 saturated heterocycles. The minimum Gasteiger partial charge on any atom is -0.456 e. The fourth-order valence-corrected chi connectivity index (χ4v) is 7.75. The van der Waals surface area contributed by atoms with Crippen molar-refractivity contribution in [2.24, 2.45) is 0 Å². The van der Waals surface area contributed by atoms with E-state index >= 15 is 0 Å². The van der Waals surface area contributed by atoms with Crippen molar-refractivity contribution in [1.29, 1.82) is 0 Å². The molecule has 2 heterocycles. The van der Waals surface area contributed by atoms with E-state index in [-0.39, 0.29) is 23.0 Å². The maximum Gasteiger partial charge on any atom is 0.164 e. The molecule has 4 heteroatoms. The van der Waals surface area contributed by atoms with E-state index in [9.17, 15) is 2.74 Å². The van der Waals surface area contributed by atoms with Gasteiger partial charge >= 0.3 is 0 Å². The fourth-order valence-electron chi connectivity index (χ4n) is 7.75. The van der Waals surface area contributed by atoms with Crippen LogP contribution in [0.2, 0.25) is 0 Å². The number of aromatic nitrogens is 3. The van der Waals surface area contributed by atoms with Crippen molar-refractivity contribution in [2.75, 3.05) is 0 Å². The average Bonchev–Trinajstić information content (AvgIpc) is 3.79. The summed E-state index contributed by atoms with van der Waals surface area (Å²) >= 11 is 0. The topological polar surface area (TPSA) is 51.8 Å². The average molecular weight is 789 g/mol. The second-order valence-electron chi connectivity index (χ2n) is 14.5. The summed E-state index contributed by atoms with van der Waals surface area (Å²) in [6, 6.07) is 50.7. The van der Waals surface area contributed by atoms with Crippen molar-refractivity contribution >= 4 is 21.9 Å². The van der Waals surface area contributed by atoms with Gasteiger partial charge in [-0.15, -0.1) is 0 Å². The lowest BCUT2D eigenvalue weighted by molar-refractivity contribution is 0.669. The molecule has 0 fully saturated rings. The van der Waals surface area contributed by atoms with Gasteiger partial charge in [-0.3, -0.25) is 0 Å². The van der Waals surface area contributed by atoms with Crippen molar-refractivity contribution in [3.63, 3.8) is 0 Å². The third-order valence-corrected chi connectivity index (χ3v) is 10.7. The molecule has 4 nitrogen and oxygen atoms in total. The lowest BCUT2D eigenvalue weighted by Gasteiger charge is -2.14. The van der Waals surface area contributed by atoms with Crippen LogP contribution in [0, 0.1) is 0 Å². The summed E-state index contributed by atoms with van der Waals surface area (Å²) in [5.41, 5.74) is 9.58. The molecule has 0 saturated carbocycles. The Balaban J connectivity index is 1.08. The standard InChI is InChI=1S/C57H37N3O/c1-5-14-38(15-6-1)41-24-28-44(29-25-41)55-58-56(45-30-26-42(27-31-45)39-16-7-2-8-17-39)60-57(59-55)47-33-35-50-53(37-47)61-52-23-13-22-49(54(50)52)48-34-32-46(40-18-9-3-10-19-40)36-51(48)43-20-11-4-12-21-43/h1-37H/i1D,5D,6D,14D,15D,24D,25D,28D,29D. The summed E-state index contributed by atoms with van der Waals surface area (Å²) < 4.78 is 85.0. The highest BCUT2D eigenvalue weighted by Crippen LogP contribution is 2.43. The highest BCUT2D eigenvalue weighted by atomic mass is 16.3. The van der Waals surface area contributed by atoms with Crippen LogP contribution in [0.25, 0.3) is 112 Å². The Bertz CT molecular complexity index is 3810. The van der Waals surface area contributed by atoms with Crippen molar-refractivity contribution < 1.29 is 16.8 Å². The van der Waals surface area contributed by atoms with Gasteiger partial charge in [-0.2, -0.15) is 0 Å². The number of hydrogen-bond donors (Lipinski definition) is 0. The maximum absolute atomic E-state index is 9.25. The highest BCUT2D eigenvalue weighted by molar-refractivity contribution is 6.14. The number of hydrogen-bond acceptors (Lipinski definition) is 4. The normalized spacial score (nSPS) is 13.3. The number of rotatable bonds is 8. The molecule has 0 aliphatic carbocycles. The van der Waals surface area contributed by atoms with E-state index in [0.717, 1.165) is 55.3 Å². The van der Waals surface area contributed by atoms with Crippen LogP contribution in [-0.4, -0.2) is 15.0 Å². The van der Waals surface area contributed by atoms with E-state index in [1.165, 1.54) is 0 Å². The molecule has 11 rings (SSSR count). The Morgan fingerprint density at radius 2 is 0.836 bits per heavy atom. The molecule has 286 valence electrons. The van der Waals surface area contributed by atoms with Crippen LogP contribution >= 0.6 is 0 Å². The van der Waals surface area contributed by atoms with Crippen LogP contribution in [0.15, 0.2) is 229 Å². The first-order valence-corrected chi connectivity index (χ1v) is 19.8. The van der Waals surface area contributed by atoms with Crippen molar-refractivity contribution in [1.82, 2.24) is 15.0 Å². The van der Waals surface area contributed by atoms with Crippen LogP contribution < -0.4 is 0 Å². The Morgan fingerprint density at radius 3 is 1.52 bits per heavy atom. The summed E-state index contributed by atoms with van der Waals surface area (Å²) in [4.78, 5) is 14.5. The van der Waals surface area contributed by atoms with Gasteiger partial charge in [0.15, 0.2) is 17.5 Å². The maximum atomic E-state index is 9.25. The summed E-state index contributed by atoms with van der Waals surface area (Å²) in [7, 11) is 0. The van der Waals surface area contributed by atoms with E-state index < -0.39 is 65.5 Å². The molecule has 0 aliphatic rings. The quantitative estimate of drug-likeness (QED) is 0.154. The predicted molar refractivity (Wildman–Crippen MR) is 251 cm³/mol. The predicted octanol–water partition coefficient (Wildman–Crippen LogP) is 15.1. The molecule has 61 heavy (non-hydrogen) atoms. The van der Waals surface area contributed by atoms with E-state index in [2.05, 4.69) is 48.5 Å². The molecular formula is C57H37N3O. The lowest BCUT2D eigenvalue weighted by atomic mass is 9.89. The molecule has 0 amide bonds. The molecule has 0 atom stereocenters. The SMILES string of the molecule is [2H]c1c([2H])c([2H])c(-c2c([2H])c([2H])c(-c3nc(-c4ccc(-c5ccccc5)cc4)nc(-c4ccc5c(c4)oc4cccc(-c6ccc(-c7ccccc7)cc6-c6ccccc6)c45)n3)c([2H])c2[2H])c([2H])c1[2H]. The molecule has 0 unspecified atom stereocenters. The fraction of sp³-hybridized carbons (Fsp3) is 0. The first-order valence-electron chi connectivity index (χ1n) is 24.3. The van der Waals surface area contributed by atoms with Gasteiger partial charge in [0.1, 0.15) is 11.2 Å². The molecule has 0 spiro atoms.